The zero-order valence-electron chi connectivity index (χ0n) is 15.5. The molecule has 0 fully saturated rings. The molecule has 4 aromatic rings. The van der Waals surface area contributed by atoms with Gasteiger partial charge in [-0.05, 0) is 37.3 Å². The molecule has 2 aromatic heterocycles. The number of carbonyl (C=O) groups excluding carboxylic acids is 1. The molecular formula is C21H19N3O3S. The van der Waals surface area contributed by atoms with Crippen molar-refractivity contribution in [1.82, 2.24) is 4.98 Å². The van der Waals surface area contributed by atoms with Gasteiger partial charge in [-0.15, -0.1) is 11.3 Å². The number of pyridine rings is 1. The maximum Gasteiger partial charge on any atom is 0.268 e. The van der Waals surface area contributed by atoms with Crippen LogP contribution in [0.1, 0.15) is 16.6 Å². The SMILES string of the molecule is CCOc1ccc2cc3c(N)c(C(=O)Nc4ccccc4OC)sc3nc2c1. The van der Waals surface area contributed by atoms with Gasteiger partial charge in [0, 0.05) is 16.8 Å². The van der Waals surface area contributed by atoms with Gasteiger partial charge in [0.05, 0.1) is 30.6 Å². The lowest BCUT2D eigenvalue weighted by Gasteiger charge is -2.09. The van der Waals surface area contributed by atoms with Gasteiger partial charge < -0.3 is 20.5 Å². The number of methoxy groups -OCH3 is 1. The fraction of sp³-hybridized carbons (Fsp3) is 0.143. The number of aromatic nitrogens is 1. The first-order valence-corrected chi connectivity index (χ1v) is 9.62. The first-order chi connectivity index (χ1) is 13.6. The van der Waals surface area contributed by atoms with Crippen molar-refractivity contribution in [2.75, 3.05) is 24.8 Å². The molecule has 1 amide bonds. The molecule has 0 saturated heterocycles. The summed E-state index contributed by atoms with van der Waals surface area (Å²) >= 11 is 1.27. The van der Waals surface area contributed by atoms with Crippen molar-refractivity contribution < 1.29 is 14.3 Å². The van der Waals surface area contributed by atoms with Crippen LogP contribution in [0.15, 0.2) is 48.5 Å². The molecule has 7 heteroatoms. The average molecular weight is 393 g/mol. The van der Waals surface area contributed by atoms with Gasteiger partial charge in [-0.25, -0.2) is 4.98 Å². The van der Waals surface area contributed by atoms with Gasteiger partial charge in [-0.3, -0.25) is 4.79 Å². The maximum absolute atomic E-state index is 12.8. The van der Waals surface area contributed by atoms with Crippen LogP contribution in [0.25, 0.3) is 21.1 Å². The first kappa shape index (κ1) is 18.1. The predicted molar refractivity (Wildman–Crippen MR) is 114 cm³/mol. The monoisotopic (exact) mass is 393 g/mol. The van der Waals surface area contributed by atoms with Crippen molar-refractivity contribution in [3.63, 3.8) is 0 Å². The molecule has 0 spiro atoms. The van der Waals surface area contributed by atoms with Crippen LogP contribution in [0.5, 0.6) is 11.5 Å². The Kier molecular flexibility index (Phi) is 4.75. The van der Waals surface area contributed by atoms with E-state index < -0.39 is 0 Å². The average Bonchev–Trinajstić information content (AvgIpc) is 3.03. The fourth-order valence-corrected chi connectivity index (χ4v) is 4.01. The van der Waals surface area contributed by atoms with E-state index in [1.165, 1.54) is 11.3 Å². The predicted octanol–water partition coefficient (Wildman–Crippen LogP) is 4.69. The second-order valence-electron chi connectivity index (χ2n) is 6.13. The molecular weight excluding hydrogens is 374 g/mol. The first-order valence-electron chi connectivity index (χ1n) is 8.80. The second kappa shape index (κ2) is 7.36. The summed E-state index contributed by atoms with van der Waals surface area (Å²) in [6.07, 6.45) is 0. The highest BCUT2D eigenvalue weighted by Gasteiger charge is 2.19. The maximum atomic E-state index is 12.8. The molecule has 2 aromatic carbocycles. The van der Waals surface area contributed by atoms with Crippen molar-refractivity contribution in [1.29, 1.82) is 0 Å². The number of nitrogen functional groups attached to an aromatic ring is 1. The van der Waals surface area contributed by atoms with E-state index in [4.69, 9.17) is 15.2 Å². The van der Waals surface area contributed by atoms with E-state index in [-0.39, 0.29) is 5.91 Å². The summed E-state index contributed by atoms with van der Waals surface area (Å²) < 4.78 is 10.8. The Hall–Kier alpha value is -3.32. The molecule has 28 heavy (non-hydrogen) atoms. The number of nitrogens with one attached hydrogen (secondary N) is 1. The third kappa shape index (κ3) is 3.20. The zero-order valence-corrected chi connectivity index (χ0v) is 16.3. The third-order valence-electron chi connectivity index (χ3n) is 4.36. The van der Waals surface area contributed by atoms with Gasteiger partial charge in [0.15, 0.2) is 0 Å². The molecule has 0 saturated carbocycles. The Labute approximate surface area is 165 Å². The standard InChI is InChI=1S/C21H19N3O3S/c1-3-27-13-9-8-12-10-14-18(22)19(28-21(14)24-16(12)11-13)20(25)23-15-6-4-5-7-17(15)26-2/h4-11H,3,22H2,1-2H3,(H,23,25). The minimum Gasteiger partial charge on any atom is -0.495 e. The molecule has 0 unspecified atom stereocenters. The number of hydrogen-bond donors (Lipinski definition) is 2. The molecule has 6 nitrogen and oxygen atoms in total. The minimum absolute atomic E-state index is 0.288. The normalized spacial score (nSPS) is 10.9. The van der Waals surface area contributed by atoms with Crippen molar-refractivity contribution in [2.24, 2.45) is 0 Å². The Morgan fingerprint density at radius 3 is 2.82 bits per heavy atom. The second-order valence-corrected chi connectivity index (χ2v) is 7.13. The van der Waals surface area contributed by atoms with Crippen molar-refractivity contribution >= 4 is 49.7 Å². The molecule has 3 N–H and O–H groups in total. The molecule has 0 radical (unpaired) electrons. The van der Waals surface area contributed by atoms with E-state index in [9.17, 15) is 4.79 Å². The summed E-state index contributed by atoms with van der Waals surface area (Å²) in [5.74, 6) is 1.06. The summed E-state index contributed by atoms with van der Waals surface area (Å²) in [5.41, 5.74) is 8.10. The van der Waals surface area contributed by atoms with E-state index >= 15 is 0 Å². The topological polar surface area (TPSA) is 86.5 Å². The highest BCUT2D eigenvalue weighted by molar-refractivity contribution is 7.21. The number of anilines is 2. The van der Waals surface area contributed by atoms with Gasteiger partial charge in [0.2, 0.25) is 0 Å². The number of ether oxygens (including phenoxy) is 2. The smallest absolute Gasteiger partial charge is 0.268 e. The number of hydrogen-bond acceptors (Lipinski definition) is 6. The van der Waals surface area contributed by atoms with Gasteiger partial charge in [-0.2, -0.15) is 0 Å². The van der Waals surface area contributed by atoms with Crippen LogP contribution >= 0.6 is 11.3 Å². The van der Waals surface area contributed by atoms with Crippen LogP contribution < -0.4 is 20.5 Å². The quantitative estimate of drug-likeness (QED) is 0.514. The lowest BCUT2D eigenvalue weighted by atomic mass is 10.1. The molecule has 4 rings (SSSR count). The number of nitrogens with zero attached hydrogens (tertiary/aromatic N) is 1. The Morgan fingerprint density at radius 1 is 1.21 bits per heavy atom. The highest BCUT2D eigenvalue weighted by atomic mass is 32.1. The summed E-state index contributed by atoms with van der Waals surface area (Å²) in [5, 5.41) is 4.58. The van der Waals surface area contributed by atoms with E-state index in [1.807, 2.05) is 43.3 Å². The number of para-hydroxylation sites is 2. The summed E-state index contributed by atoms with van der Waals surface area (Å²) in [4.78, 5) is 18.6. The lowest BCUT2D eigenvalue weighted by Crippen LogP contribution is -2.12. The summed E-state index contributed by atoms with van der Waals surface area (Å²) in [7, 11) is 1.56. The number of amides is 1. The number of fused-ring (bicyclic) bond motifs is 2. The van der Waals surface area contributed by atoms with Crippen molar-refractivity contribution in [3.8, 4) is 11.5 Å². The number of thiophene rings is 1. The Morgan fingerprint density at radius 2 is 2.04 bits per heavy atom. The largest absolute Gasteiger partial charge is 0.495 e. The van der Waals surface area contributed by atoms with Gasteiger partial charge in [-0.1, -0.05) is 12.1 Å². The number of rotatable bonds is 5. The zero-order chi connectivity index (χ0) is 19.7. The van der Waals surface area contributed by atoms with E-state index in [2.05, 4.69) is 10.3 Å². The van der Waals surface area contributed by atoms with Crippen LogP contribution in [0, 0.1) is 0 Å². The molecule has 0 atom stereocenters. The van der Waals surface area contributed by atoms with E-state index in [1.54, 1.807) is 19.2 Å². The van der Waals surface area contributed by atoms with Crippen LogP contribution in [-0.2, 0) is 0 Å². The molecule has 0 aliphatic rings. The lowest BCUT2D eigenvalue weighted by molar-refractivity contribution is 0.103. The number of nitrogens with two attached hydrogens (primary N) is 1. The van der Waals surface area contributed by atoms with Crippen molar-refractivity contribution in [2.45, 2.75) is 6.92 Å². The fourth-order valence-electron chi connectivity index (χ4n) is 3.03. The van der Waals surface area contributed by atoms with Gasteiger partial charge >= 0.3 is 0 Å². The number of benzene rings is 2. The summed E-state index contributed by atoms with van der Waals surface area (Å²) in [6, 6.07) is 14.9. The molecule has 2 heterocycles. The van der Waals surface area contributed by atoms with Crippen LogP contribution in [0.3, 0.4) is 0 Å². The van der Waals surface area contributed by atoms with Gasteiger partial charge in [0.25, 0.3) is 5.91 Å². The summed E-state index contributed by atoms with van der Waals surface area (Å²) in [6.45, 7) is 2.53. The van der Waals surface area contributed by atoms with E-state index in [0.717, 1.165) is 22.0 Å². The molecule has 0 bridgehead atoms. The van der Waals surface area contributed by atoms with Crippen LogP contribution in [0.2, 0.25) is 0 Å². The van der Waals surface area contributed by atoms with E-state index in [0.29, 0.717) is 33.4 Å². The third-order valence-corrected chi connectivity index (χ3v) is 5.47. The Bertz CT molecular complexity index is 1190. The molecule has 0 aliphatic heterocycles. The van der Waals surface area contributed by atoms with Crippen molar-refractivity contribution in [3.05, 3.63) is 53.4 Å². The van der Waals surface area contributed by atoms with Gasteiger partial charge in [0.1, 0.15) is 21.2 Å². The Balaban J connectivity index is 1.73. The molecule has 142 valence electrons. The molecule has 0 aliphatic carbocycles. The highest BCUT2D eigenvalue weighted by Crippen LogP contribution is 2.36. The minimum atomic E-state index is -0.288. The van der Waals surface area contributed by atoms with Crippen LogP contribution in [-0.4, -0.2) is 24.6 Å². The van der Waals surface area contributed by atoms with Crippen LogP contribution in [0.4, 0.5) is 11.4 Å². The number of carbonyl (C=O) groups is 1.